The summed E-state index contributed by atoms with van der Waals surface area (Å²) in [6.45, 7) is 2.17. The molecule has 0 aliphatic carbocycles. The Kier molecular flexibility index (Phi) is 4.27. The number of rotatable bonds is 4. The molecule has 0 radical (unpaired) electrons. The lowest BCUT2D eigenvalue weighted by atomic mass is 10.2. The van der Waals surface area contributed by atoms with E-state index in [-0.39, 0.29) is 5.91 Å². The number of nitrogens with zero attached hydrogens (tertiary/aromatic N) is 1. The highest BCUT2D eigenvalue weighted by molar-refractivity contribution is 7.17. The lowest BCUT2D eigenvalue weighted by Crippen LogP contribution is -2.22. The average molecular weight is 333 g/mol. The van der Waals surface area contributed by atoms with Crippen LogP contribution >= 0.6 is 22.9 Å². The number of halogens is 1. The van der Waals surface area contributed by atoms with Crippen LogP contribution in [0.25, 0.3) is 10.6 Å². The summed E-state index contributed by atoms with van der Waals surface area (Å²) >= 11 is 7.52. The number of aromatic nitrogens is 1. The second-order valence-corrected chi connectivity index (χ2v) is 6.08. The zero-order valence-electron chi connectivity index (χ0n) is 11.8. The van der Waals surface area contributed by atoms with Gasteiger partial charge >= 0.3 is 0 Å². The number of nitrogens with one attached hydrogen (secondary N) is 1. The van der Waals surface area contributed by atoms with Crippen molar-refractivity contribution in [2.45, 2.75) is 13.5 Å². The number of aryl methyl sites for hydroxylation is 1. The smallest absolute Gasteiger partial charge is 0.263 e. The predicted molar refractivity (Wildman–Crippen MR) is 87.2 cm³/mol. The van der Waals surface area contributed by atoms with Crippen LogP contribution < -0.4 is 5.32 Å². The summed E-state index contributed by atoms with van der Waals surface area (Å²) in [6.07, 6.45) is 1.58. The number of furan rings is 1. The van der Waals surface area contributed by atoms with E-state index in [1.807, 2.05) is 37.3 Å². The van der Waals surface area contributed by atoms with Crippen LogP contribution in [0.4, 0.5) is 0 Å². The van der Waals surface area contributed by atoms with Gasteiger partial charge in [-0.1, -0.05) is 29.8 Å². The molecule has 0 fully saturated rings. The molecule has 1 amide bonds. The number of amides is 1. The topological polar surface area (TPSA) is 55.1 Å². The van der Waals surface area contributed by atoms with Crippen molar-refractivity contribution in [3.63, 3.8) is 0 Å². The lowest BCUT2D eigenvalue weighted by molar-refractivity contribution is 0.0951. The summed E-state index contributed by atoms with van der Waals surface area (Å²) in [5, 5.41) is 4.19. The minimum atomic E-state index is -0.162. The molecule has 6 heteroatoms. The van der Waals surface area contributed by atoms with E-state index in [9.17, 15) is 4.79 Å². The molecule has 3 rings (SSSR count). The van der Waals surface area contributed by atoms with Crippen molar-refractivity contribution >= 4 is 28.8 Å². The van der Waals surface area contributed by atoms with Gasteiger partial charge in [0, 0.05) is 5.56 Å². The van der Waals surface area contributed by atoms with Crippen molar-refractivity contribution in [1.29, 1.82) is 0 Å². The molecule has 2 aromatic heterocycles. The maximum absolute atomic E-state index is 12.3. The van der Waals surface area contributed by atoms with E-state index in [0.29, 0.717) is 27.9 Å². The third kappa shape index (κ3) is 3.05. The van der Waals surface area contributed by atoms with Gasteiger partial charge in [-0.15, -0.1) is 11.3 Å². The number of benzene rings is 1. The Balaban J connectivity index is 1.80. The van der Waals surface area contributed by atoms with E-state index in [1.165, 1.54) is 11.3 Å². The molecule has 0 atom stereocenters. The number of hydrogen-bond donors (Lipinski definition) is 1. The van der Waals surface area contributed by atoms with E-state index in [4.69, 9.17) is 16.0 Å². The molecule has 112 valence electrons. The van der Waals surface area contributed by atoms with Gasteiger partial charge in [-0.25, -0.2) is 4.98 Å². The monoisotopic (exact) mass is 332 g/mol. The van der Waals surface area contributed by atoms with Crippen molar-refractivity contribution in [2.75, 3.05) is 0 Å². The van der Waals surface area contributed by atoms with Gasteiger partial charge in [-0.2, -0.15) is 0 Å². The maximum Gasteiger partial charge on any atom is 0.263 e. The second kappa shape index (κ2) is 6.34. The van der Waals surface area contributed by atoms with Gasteiger partial charge in [-0.05, 0) is 25.1 Å². The van der Waals surface area contributed by atoms with Gasteiger partial charge in [0.2, 0.25) is 0 Å². The third-order valence-electron chi connectivity index (χ3n) is 3.11. The number of hydrogen-bond acceptors (Lipinski definition) is 4. The van der Waals surface area contributed by atoms with E-state index in [2.05, 4.69) is 10.3 Å². The summed E-state index contributed by atoms with van der Waals surface area (Å²) < 4.78 is 5.20. The van der Waals surface area contributed by atoms with Crippen LogP contribution in [0, 0.1) is 6.92 Å². The molecule has 22 heavy (non-hydrogen) atoms. The fourth-order valence-corrected chi connectivity index (χ4v) is 3.32. The highest BCUT2D eigenvalue weighted by Gasteiger charge is 2.17. The predicted octanol–water partition coefficient (Wildman–Crippen LogP) is 4.29. The van der Waals surface area contributed by atoms with Gasteiger partial charge in [0.15, 0.2) is 0 Å². The van der Waals surface area contributed by atoms with Crippen LogP contribution in [0.3, 0.4) is 0 Å². The Hall–Kier alpha value is -2.11. The molecule has 0 unspecified atom stereocenters. The number of carbonyl (C=O) groups is 1. The van der Waals surface area contributed by atoms with Gasteiger partial charge in [0.25, 0.3) is 5.91 Å². The van der Waals surface area contributed by atoms with Crippen molar-refractivity contribution in [3.05, 3.63) is 64.0 Å². The van der Waals surface area contributed by atoms with E-state index >= 15 is 0 Å². The van der Waals surface area contributed by atoms with Crippen LogP contribution in [0.1, 0.15) is 21.1 Å². The SMILES string of the molecule is Cc1nc(-c2ccccc2Cl)sc1C(=O)NCc1ccco1. The second-order valence-electron chi connectivity index (χ2n) is 4.68. The fraction of sp³-hybridized carbons (Fsp3) is 0.125. The van der Waals surface area contributed by atoms with Crippen LogP contribution in [0.2, 0.25) is 5.02 Å². The Labute approximate surface area is 136 Å². The Bertz CT molecular complexity index is 796. The Morgan fingerprint density at radius 1 is 1.32 bits per heavy atom. The fourth-order valence-electron chi connectivity index (χ4n) is 2.02. The standard InChI is InChI=1S/C16H13ClN2O2S/c1-10-14(15(20)18-9-11-5-4-8-21-11)22-16(19-10)12-6-2-3-7-13(12)17/h2-8H,9H2,1H3,(H,18,20). The quantitative estimate of drug-likeness (QED) is 0.775. The van der Waals surface area contributed by atoms with Gasteiger partial charge in [-0.3, -0.25) is 4.79 Å². The van der Waals surface area contributed by atoms with Crippen LogP contribution in [-0.4, -0.2) is 10.9 Å². The third-order valence-corrected chi connectivity index (χ3v) is 4.63. The summed E-state index contributed by atoms with van der Waals surface area (Å²) in [5.74, 6) is 0.548. The largest absolute Gasteiger partial charge is 0.467 e. The Morgan fingerprint density at radius 2 is 2.14 bits per heavy atom. The first-order valence-corrected chi connectivity index (χ1v) is 7.87. The first-order valence-electron chi connectivity index (χ1n) is 6.68. The normalized spacial score (nSPS) is 10.6. The van der Waals surface area contributed by atoms with E-state index in [1.54, 1.807) is 12.3 Å². The van der Waals surface area contributed by atoms with Gasteiger partial charge in [0.1, 0.15) is 15.6 Å². The summed E-state index contributed by atoms with van der Waals surface area (Å²) in [6, 6.07) is 11.1. The van der Waals surface area contributed by atoms with Gasteiger partial charge < -0.3 is 9.73 Å². The molecule has 2 heterocycles. The van der Waals surface area contributed by atoms with E-state index in [0.717, 1.165) is 10.6 Å². The Morgan fingerprint density at radius 3 is 2.86 bits per heavy atom. The molecule has 3 aromatic rings. The number of thiazole rings is 1. The minimum Gasteiger partial charge on any atom is -0.467 e. The molecule has 0 bridgehead atoms. The van der Waals surface area contributed by atoms with E-state index < -0.39 is 0 Å². The molecule has 4 nitrogen and oxygen atoms in total. The van der Waals surface area contributed by atoms with Crippen molar-refractivity contribution in [3.8, 4) is 10.6 Å². The minimum absolute atomic E-state index is 0.162. The first-order chi connectivity index (χ1) is 10.6. The molecular formula is C16H13ClN2O2S. The zero-order valence-corrected chi connectivity index (χ0v) is 13.4. The van der Waals surface area contributed by atoms with Crippen LogP contribution in [-0.2, 0) is 6.54 Å². The molecule has 1 N–H and O–H groups in total. The molecule has 1 aromatic carbocycles. The molecular weight excluding hydrogens is 320 g/mol. The number of carbonyl (C=O) groups excluding carboxylic acids is 1. The average Bonchev–Trinajstić information content (AvgIpc) is 3.15. The van der Waals surface area contributed by atoms with Crippen LogP contribution in [0.15, 0.2) is 47.1 Å². The zero-order chi connectivity index (χ0) is 15.5. The van der Waals surface area contributed by atoms with Gasteiger partial charge in [0.05, 0.1) is 23.5 Å². The van der Waals surface area contributed by atoms with Crippen molar-refractivity contribution in [1.82, 2.24) is 10.3 Å². The summed E-state index contributed by atoms with van der Waals surface area (Å²) in [5.41, 5.74) is 1.53. The highest BCUT2D eigenvalue weighted by Crippen LogP contribution is 2.32. The lowest BCUT2D eigenvalue weighted by Gasteiger charge is -2.01. The molecule has 0 aliphatic rings. The molecule has 0 aliphatic heterocycles. The van der Waals surface area contributed by atoms with Crippen LogP contribution in [0.5, 0.6) is 0 Å². The maximum atomic E-state index is 12.3. The summed E-state index contributed by atoms with van der Waals surface area (Å²) in [7, 11) is 0. The first kappa shape index (κ1) is 14.8. The molecule has 0 spiro atoms. The molecule has 0 saturated carbocycles. The van der Waals surface area contributed by atoms with Crippen molar-refractivity contribution < 1.29 is 9.21 Å². The van der Waals surface area contributed by atoms with Crippen molar-refractivity contribution in [2.24, 2.45) is 0 Å². The summed E-state index contributed by atoms with van der Waals surface area (Å²) in [4.78, 5) is 17.3. The highest BCUT2D eigenvalue weighted by atomic mass is 35.5. The molecule has 0 saturated heterocycles.